The summed E-state index contributed by atoms with van der Waals surface area (Å²) < 4.78 is 16.1. The molecule has 0 spiro atoms. The van der Waals surface area contributed by atoms with Gasteiger partial charge in [-0.2, -0.15) is 0 Å². The molecule has 0 aliphatic heterocycles. The van der Waals surface area contributed by atoms with Crippen LogP contribution in [0.4, 0.5) is 0 Å². The highest BCUT2D eigenvalue weighted by Crippen LogP contribution is 2.30. The van der Waals surface area contributed by atoms with Gasteiger partial charge in [-0.3, -0.25) is 0 Å². The Kier molecular flexibility index (Phi) is 7.64. The molecule has 0 atom stereocenters. The highest BCUT2D eigenvalue weighted by Gasteiger charge is 2.39. The van der Waals surface area contributed by atoms with Gasteiger partial charge in [0.15, 0.2) is 3.74 Å². The topological polar surface area (TPSA) is 27.7 Å². The Balaban J connectivity index is 4.38. The third kappa shape index (κ3) is 4.25. The molecule has 3 nitrogen and oxygen atoms in total. The van der Waals surface area contributed by atoms with E-state index in [0.29, 0.717) is 19.8 Å². The van der Waals surface area contributed by atoms with E-state index in [4.69, 9.17) is 14.2 Å². The molecule has 5 heteroatoms. The fourth-order valence-electron chi connectivity index (χ4n) is 0.918. The zero-order valence-corrected chi connectivity index (χ0v) is 11.4. The SMILES string of the molecule is CCOC(OCC)(OCC)C(Br)Br. The van der Waals surface area contributed by atoms with Crippen molar-refractivity contribution in [1.82, 2.24) is 0 Å². The first-order valence-electron chi connectivity index (χ1n) is 4.32. The first-order chi connectivity index (χ1) is 6.13. The molecule has 0 aliphatic rings. The lowest BCUT2D eigenvalue weighted by Gasteiger charge is -2.33. The zero-order chi connectivity index (χ0) is 10.3. The molecule has 0 aromatic carbocycles. The van der Waals surface area contributed by atoms with Gasteiger partial charge >= 0.3 is 5.97 Å². The molecular weight excluding hydrogens is 304 g/mol. The van der Waals surface area contributed by atoms with Gasteiger partial charge in [0.25, 0.3) is 0 Å². The van der Waals surface area contributed by atoms with Crippen molar-refractivity contribution >= 4 is 31.9 Å². The van der Waals surface area contributed by atoms with Crippen molar-refractivity contribution in [2.45, 2.75) is 30.5 Å². The first-order valence-corrected chi connectivity index (χ1v) is 6.16. The van der Waals surface area contributed by atoms with Crippen LogP contribution in [0.3, 0.4) is 0 Å². The van der Waals surface area contributed by atoms with Crippen molar-refractivity contribution in [3.05, 3.63) is 0 Å². The highest BCUT2D eigenvalue weighted by molar-refractivity contribution is 9.24. The molecule has 80 valence electrons. The average molecular weight is 320 g/mol. The van der Waals surface area contributed by atoms with Gasteiger partial charge in [0.1, 0.15) is 0 Å². The maximum atomic E-state index is 5.43. The number of hydrogen-bond acceptors (Lipinski definition) is 3. The molecule has 0 rings (SSSR count). The number of alkyl halides is 2. The van der Waals surface area contributed by atoms with Crippen molar-refractivity contribution in [2.75, 3.05) is 19.8 Å². The van der Waals surface area contributed by atoms with E-state index >= 15 is 0 Å². The Labute approximate surface area is 96.4 Å². The monoisotopic (exact) mass is 318 g/mol. The molecule has 0 radical (unpaired) electrons. The quantitative estimate of drug-likeness (QED) is 0.533. The predicted molar refractivity (Wildman–Crippen MR) is 59.3 cm³/mol. The maximum absolute atomic E-state index is 5.43. The number of ether oxygens (including phenoxy) is 3. The highest BCUT2D eigenvalue weighted by atomic mass is 79.9. The van der Waals surface area contributed by atoms with E-state index in [0.717, 1.165) is 0 Å². The Morgan fingerprint density at radius 3 is 1.38 bits per heavy atom. The van der Waals surface area contributed by atoms with Crippen LogP contribution in [0.25, 0.3) is 0 Å². The zero-order valence-electron chi connectivity index (χ0n) is 8.18. The van der Waals surface area contributed by atoms with Crippen molar-refractivity contribution in [2.24, 2.45) is 0 Å². The summed E-state index contributed by atoms with van der Waals surface area (Å²) in [5.74, 6) is -1.02. The van der Waals surface area contributed by atoms with Crippen molar-refractivity contribution in [3.63, 3.8) is 0 Å². The molecule has 0 unspecified atom stereocenters. The average Bonchev–Trinajstić information content (AvgIpc) is 2.05. The Morgan fingerprint density at radius 1 is 0.923 bits per heavy atom. The minimum absolute atomic E-state index is 0.188. The van der Waals surface area contributed by atoms with Crippen molar-refractivity contribution in [3.8, 4) is 0 Å². The van der Waals surface area contributed by atoms with Gasteiger partial charge in [-0.1, -0.05) is 31.9 Å². The second-order valence-corrected chi connectivity index (χ2v) is 5.26. The molecule has 13 heavy (non-hydrogen) atoms. The van der Waals surface area contributed by atoms with Gasteiger partial charge < -0.3 is 14.2 Å². The number of halogens is 2. The molecule has 0 N–H and O–H groups in total. The summed E-state index contributed by atoms with van der Waals surface area (Å²) in [5.41, 5.74) is 0. The summed E-state index contributed by atoms with van der Waals surface area (Å²) in [6.07, 6.45) is 0. The summed E-state index contributed by atoms with van der Waals surface area (Å²) in [4.78, 5) is 0. The van der Waals surface area contributed by atoms with Crippen LogP contribution >= 0.6 is 31.9 Å². The maximum Gasteiger partial charge on any atom is 0.306 e. The van der Waals surface area contributed by atoms with Crippen molar-refractivity contribution in [1.29, 1.82) is 0 Å². The van der Waals surface area contributed by atoms with Gasteiger partial charge in [-0.15, -0.1) is 0 Å². The smallest absolute Gasteiger partial charge is 0.306 e. The minimum atomic E-state index is -1.02. The lowest BCUT2D eigenvalue weighted by molar-refractivity contribution is -0.365. The lowest BCUT2D eigenvalue weighted by Crippen LogP contribution is -2.45. The fraction of sp³-hybridized carbons (Fsp3) is 1.00. The molecule has 0 fully saturated rings. The van der Waals surface area contributed by atoms with Gasteiger partial charge in [0.05, 0.1) is 0 Å². The van der Waals surface area contributed by atoms with Crippen LogP contribution in [0, 0.1) is 0 Å². The van der Waals surface area contributed by atoms with Gasteiger partial charge in [0.2, 0.25) is 0 Å². The third-order valence-corrected chi connectivity index (χ3v) is 2.43. The summed E-state index contributed by atoms with van der Waals surface area (Å²) in [6, 6.07) is 0. The summed E-state index contributed by atoms with van der Waals surface area (Å²) in [5, 5.41) is 0. The Morgan fingerprint density at radius 2 is 1.23 bits per heavy atom. The van der Waals surface area contributed by atoms with Gasteiger partial charge in [-0.05, 0) is 20.8 Å². The van der Waals surface area contributed by atoms with E-state index < -0.39 is 5.97 Å². The molecule has 0 amide bonds. The second kappa shape index (κ2) is 7.17. The van der Waals surface area contributed by atoms with Crippen LogP contribution in [-0.2, 0) is 14.2 Å². The summed E-state index contributed by atoms with van der Waals surface area (Å²) in [7, 11) is 0. The van der Waals surface area contributed by atoms with E-state index in [2.05, 4.69) is 31.9 Å². The molecule has 0 saturated carbocycles. The molecule has 0 heterocycles. The first kappa shape index (κ1) is 13.8. The van der Waals surface area contributed by atoms with Crippen LogP contribution in [0.2, 0.25) is 0 Å². The van der Waals surface area contributed by atoms with Crippen LogP contribution < -0.4 is 0 Å². The van der Waals surface area contributed by atoms with Crippen molar-refractivity contribution < 1.29 is 14.2 Å². The lowest BCUT2D eigenvalue weighted by atomic mass is 10.6. The second-order valence-electron chi connectivity index (χ2n) is 2.20. The summed E-state index contributed by atoms with van der Waals surface area (Å²) >= 11 is 6.69. The van der Waals surface area contributed by atoms with Gasteiger partial charge in [0, 0.05) is 19.8 Å². The van der Waals surface area contributed by atoms with E-state index in [1.165, 1.54) is 0 Å². The Hall–Kier alpha value is 0.840. The van der Waals surface area contributed by atoms with Crippen LogP contribution in [0.15, 0.2) is 0 Å². The molecule has 0 aromatic rings. The minimum Gasteiger partial charge on any atom is -0.326 e. The van der Waals surface area contributed by atoms with Gasteiger partial charge in [-0.25, -0.2) is 0 Å². The largest absolute Gasteiger partial charge is 0.326 e. The standard InChI is InChI=1S/C8H16Br2O3/c1-4-11-8(7(9)10,12-5-2)13-6-3/h7H,4-6H2,1-3H3. The van der Waals surface area contributed by atoms with E-state index in [-0.39, 0.29) is 3.74 Å². The fourth-order valence-corrected chi connectivity index (χ4v) is 1.71. The third-order valence-electron chi connectivity index (χ3n) is 1.30. The van der Waals surface area contributed by atoms with E-state index in [1.54, 1.807) is 0 Å². The van der Waals surface area contributed by atoms with Crippen LogP contribution in [0.5, 0.6) is 0 Å². The molecular formula is C8H16Br2O3. The van der Waals surface area contributed by atoms with Crippen LogP contribution in [0.1, 0.15) is 20.8 Å². The number of hydrogen-bond donors (Lipinski definition) is 0. The molecule has 0 aromatic heterocycles. The number of rotatable bonds is 7. The molecule has 0 aliphatic carbocycles. The van der Waals surface area contributed by atoms with Crippen LogP contribution in [-0.4, -0.2) is 29.5 Å². The van der Waals surface area contributed by atoms with E-state index in [9.17, 15) is 0 Å². The Bertz CT molecular complexity index is 114. The predicted octanol–water partition coefficient (Wildman–Crippen LogP) is 2.87. The van der Waals surface area contributed by atoms with E-state index in [1.807, 2.05) is 20.8 Å². The normalized spacial score (nSPS) is 12.5. The molecule has 0 bridgehead atoms. The molecule has 0 saturated heterocycles. The summed E-state index contributed by atoms with van der Waals surface area (Å²) in [6.45, 7) is 7.30.